The number of benzene rings is 1. The Bertz CT molecular complexity index is 861. The molecule has 0 saturated carbocycles. The Balaban J connectivity index is 1.74. The summed E-state index contributed by atoms with van der Waals surface area (Å²) in [4.78, 5) is 39.7. The Labute approximate surface area is 254 Å². The fraction of sp³-hybridized carbons (Fsp3) is 0.655. The van der Waals surface area contributed by atoms with Gasteiger partial charge in [0.1, 0.15) is 13.2 Å². The van der Waals surface area contributed by atoms with Crippen LogP contribution in [0.2, 0.25) is 0 Å². The highest BCUT2D eigenvalue weighted by Crippen LogP contribution is 1.94. The van der Waals surface area contributed by atoms with Crippen molar-refractivity contribution in [3.05, 3.63) is 35.9 Å². The van der Waals surface area contributed by atoms with Crippen LogP contribution in [0.4, 0.5) is 0 Å². The van der Waals surface area contributed by atoms with Gasteiger partial charge in [-0.05, 0) is 12.0 Å². The van der Waals surface area contributed by atoms with Crippen LogP contribution in [0.3, 0.4) is 0 Å². The minimum Gasteiger partial charge on any atom is -0.386 e. The first-order chi connectivity index (χ1) is 21.1. The summed E-state index contributed by atoms with van der Waals surface area (Å²) < 4.78 is 32.1. The van der Waals surface area contributed by atoms with E-state index in [1.165, 1.54) is 0 Å². The first-order valence-corrected chi connectivity index (χ1v) is 14.6. The molecule has 0 atom stereocenters. The monoisotopic (exact) mass is 612 g/mol. The zero-order chi connectivity index (χ0) is 31.1. The zero-order valence-electron chi connectivity index (χ0n) is 25.2. The van der Waals surface area contributed by atoms with Gasteiger partial charge in [-0.15, -0.1) is 0 Å². The summed E-state index contributed by atoms with van der Waals surface area (Å²) in [6.45, 7) is 7.00. The van der Waals surface area contributed by atoms with E-state index in [1.807, 2.05) is 37.3 Å². The Morgan fingerprint density at radius 3 is 1.53 bits per heavy atom. The average Bonchev–Trinajstić information content (AvgIpc) is 3.01. The van der Waals surface area contributed by atoms with Crippen LogP contribution in [-0.4, -0.2) is 129 Å². The number of amides is 3. The van der Waals surface area contributed by atoms with Crippen molar-refractivity contribution in [1.82, 2.24) is 16.0 Å². The molecule has 0 radical (unpaired) electrons. The van der Waals surface area contributed by atoms with E-state index in [0.717, 1.165) is 18.4 Å². The van der Waals surface area contributed by atoms with Crippen molar-refractivity contribution in [2.24, 2.45) is 5.16 Å². The summed E-state index contributed by atoms with van der Waals surface area (Å²) in [5.74, 6) is -0.803. The first kappa shape index (κ1) is 37.9. The number of hydrogen-bond donors (Lipinski definition) is 3. The van der Waals surface area contributed by atoms with Gasteiger partial charge in [-0.25, -0.2) is 0 Å². The molecule has 1 rings (SSSR count). The van der Waals surface area contributed by atoms with E-state index in [2.05, 4.69) is 21.1 Å². The molecule has 1 aromatic carbocycles. The quantitative estimate of drug-likeness (QED) is 0.0651. The summed E-state index contributed by atoms with van der Waals surface area (Å²) in [5.41, 5.74) is 0.889. The van der Waals surface area contributed by atoms with Crippen molar-refractivity contribution in [1.29, 1.82) is 0 Å². The highest BCUT2D eigenvalue weighted by molar-refractivity contribution is 5.80. The molecular weight excluding hydrogens is 564 g/mol. The molecule has 0 aliphatic heterocycles. The number of unbranched alkanes of at least 4 members (excludes halogenated alkanes) is 1. The maximum atomic E-state index is 11.7. The summed E-state index contributed by atoms with van der Waals surface area (Å²) in [7, 11) is 0. The van der Waals surface area contributed by atoms with E-state index < -0.39 is 0 Å². The van der Waals surface area contributed by atoms with Crippen LogP contribution in [0.25, 0.3) is 0 Å². The van der Waals surface area contributed by atoms with Gasteiger partial charge in [0.15, 0.2) is 6.61 Å². The number of carbonyl (C=O) groups excluding carboxylic acids is 3. The summed E-state index contributed by atoms with van der Waals surface area (Å²) in [5, 5.41) is 11.8. The summed E-state index contributed by atoms with van der Waals surface area (Å²) in [6, 6.07) is 9.45. The van der Waals surface area contributed by atoms with E-state index in [1.54, 1.807) is 6.21 Å². The molecule has 0 unspecified atom stereocenters. The standard InChI is InChI=1S/C29H48N4O10/c1-2-3-9-30-27(34)23-42-24-28(35)31-10-12-37-14-16-39-18-20-41-21-19-40-17-15-38-13-11-32-29(36)25-43-33-22-26-7-5-4-6-8-26/h4-8,22H,2-3,9-21,23-25H2,1H3,(H,30,34)(H,31,35)(H,32,36)/b33-22+. The van der Waals surface area contributed by atoms with Crippen LogP contribution in [-0.2, 0) is 47.6 Å². The zero-order valence-corrected chi connectivity index (χ0v) is 25.2. The van der Waals surface area contributed by atoms with Crippen LogP contribution < -0.4 is 16.0 Å². The van der Waals surface area contributed by atoms with Gasteiger partial charge in [-0.3, -0.25) is 14.4 Å². The van der Waals surface area contributed by atoms with Gasteiger partial charge in [0.25, 0.3) is 5.91 Å². The first-order valence-electron chi connectivity index (χ1n) is 14.6. The van der Waals surface area contributed by atoms with E-state index in [0.29, 0.717) is 85.7 Å². The fourth-order valence-corrected chi connectivity index (χ4v) is 3.03. The molecule has 0 bridgehead atoms. The fourth-order valence-electron chi connectivity index (χ4n) is 3.03. The van der Waals surface area contributed by atoms with Crippen LogP contribution in [0.1, 0.15) is 25.3 Å². The normalized spacial score (nSPS) is 11.0. The summed E-state index contributed by atoms with van der Waals surface area (Å²) in [6.07, 6.45) is 3.46. The highest BCUT2D eigenvalue weighted by Gasteiger charge is 2.05. The SMILES string of the molecule is CCCCNC(=O)COCC(=O)NCCOCCOCCOCCOCCOCCNC(=O)CO/N=C/c1ccccc1. The molecule has 0 aliphatic rings. The minimum atomic E-state index is -0.302. The van der Waals surface area contributed by atoms with E-state index >= 15 is 0 Å². The van der Waals surface area contributed by atoms with Gasteiger partial charge in [-0.1, -0.05) is 48.8 Å². The third-order valence-corrected chi connectivity index (χ3v) is 5.22. The molecule has 0 saturated heterocycles. The number of carbonyl (C=O) groups is 3. The number of rotatable bonds is 29. The molecule has 0 aromatic heterocycles. The number of ether oxygens (including phenoxy) is 6. The van der Waals surface area contributed by atoms with Crippen molar-refractivity contribution in [3.63, 3.8) is 0 Å². The molecular formula is C29H48N4O10. The third kappa shape index (κ3) is 26.2. The van der Waals surface area contributed by atoms with Crippen molar-refractivity contribution in [3.8, 4) is 0 Å². The van der Waals surface area contributed by atoms with Crippen molar-refractivity contribution < 1.29 is 47.6 Å². The lowest BCUT2D eigenvalue weighted by Gasteiger charge is -2.09. The highest BCUT2D eigenvalue weighted by atomic mass is 16.6. The summed E-state index contributed by atoms with van der Waals surface area (Å²) >= 11 is 0. The van der Waals surface area contributed by atoms with Crippen molar-refractivity contribution in [2.75, 3.05) is 106 Å². The predicted molar refractivity (Wildman–Crippen MR) is 159 cm³/mol. The van der Waals surface area contributed by atoms with Gasteiger partial charge in [0.2, 0.25) is 11.8 Å². The van der Waals surface area contributed by atoms with Gasteiger partial charge in [0, 0.05) is 19.6 Å². The third-order valence-electron chi connectivity index (χ3n) is 5.22. The van der Waals surface area contributed by atoms with Crippen LogP contribution in [0.5, 0.6) is 0 Å². The smallest absolute Gasteiger partial charge is 0.260 e. The van der Waals surface area contributed by atoms with Gasteiger partial charge >= 0.3 is 0 Å². The van der Waals surface area contributed by atoms with Crippen LogP contribution in [0, 0.1) is 0 Å². The Hall–Kier alpha value is -3.14. The van der Waals surface area contributed by atoms with Crippen molar-refractivity contribution >= 4 is 23.9 Å². The van der Waals surface area contributed by atoms with Crippen LogP contribution in [0.15, 0.2) is 35.5 Å². The second-order valence-corrected chi connectivity index (χ2v) is 8.88. The lowest BCUT2D eigenvalue weighted by Crippen LogP contribution is -2.33. The number of hydrogen-bond acceptors (Lipinski definition) is 11. The van der Waals surface area contributed by atoms with E-state index in [9.17, 15) is 14.4 Å². The maximum absolute atomic E-state index is 11.7. The minimum absolute atomic E-state index is 0.134. The van der Waals surface area contributed by atoms with E-state index in [-0.39, 0.29) is 37.5 Å². The predicted octanol–water partition coefficient (Wildman–Crippen LogP) is 0.285. The van der Waals surface area contributed by atoms with Gasteiger partial charge in [0.05, 0.1) is 72.3 Å². The Kier molecular flexibility index (Phi) is 25.5. The lowest BCUT2D eigenvalue weighted by atomic mass is 10.2. The van der Waals surface area contributed by atoms with E-state index in [4.69, 9.17) is 33.3 Å². The molecule has 244 valence electrons. The van der Waals surface area contributed by atoms with Crippen LogP contribution >= 0.6 is 0 Å². The lowest BCUT2D eigenvalue weighted by molar-refractivity contribution is -0.131. The molecule has 0 heterocycles. The molecule has 3 N–H and O–H groups in total. The van der Waals surface area contributed by atoms with Crippen molar-refractivity contribution in [2.45, 2.75) is 19.8 Å². The number of nitrogens with zero attached hydrogens (tertiary/aromatic N) is 1. The molecule has 43 heavy (non-hydrogen) atoms. The Morgan fingerprint density at radius 1 is 0.605 bits per heavy atom. The molecule has 14 nitrogen and oxygen atoms in total. The molecule has 0 fully saturated rings. The molecule has 14 heteroatoms. The van der Waals surface area contributed by atoms with Gasteiger partial charge < -0.3 is 49.2 Å². The largest absolute Gasteiger partial charge is 0.386 e. The second kappa shape index (κ2) is 29.0. The topological polar surface area (TPSA) is 164 Å². The van der Waals surface area contributed by atoms with Gasteiger partial charge in [-0.2, -0.15) is 0 Å². The second-order valence-electron chi connectivity index (χ2n) is 8.88. The maximum Gasteiger partial charge on any atom is 0.260 e. The Morgan fingerprint density at radius 2 is 1.05 bits per heavy atom. The molecule has 0 aliphatic carbocycles. The molecule has 1 aromatic rings. The molecule has 3 amide bonds. The average molecular weight is 613 g/mol. The number of oxime groups is 1. The molecule has 0 spiro atoms. The number of nitrogens with one attached hydrogen (secondary N) is 3.